The van der Waals surface area contributed by atoms with Gasteiger partial charge in [-0.05, 0) is 37.8 Å². The van der Waals surface area contributed by atoms with E-state index in [2.05, 4.69) is 0 Å². The molecule has 4 nitrogen and oxygen atoms in total. The third-order valence-electron chi connectivity index (χ3n) is 3.49. The quantitative estimate of drug-likeness (QED) is 0.932. The zero-order valence-corrected chi connectivity index (χ0v) is 13.4. The average molecular weight is 299 g/mol. The van der Waals surface area contributed by atoms with Crippen LogP contribution < -0.4 is 0 Å². The molecule has 1 saturated heterocycles. The highest BCUT2D eigenvalue weighted by Crippen LogP contribution is 2.23. The Hall–Kier alpha value is -0.910. The summed E-state index contributed by atoms with van der Waals surface area (Å²) in [6.07, 6.45) is 1.48. The van der Waals surface area contributed by atoms with Crippen molar-refractivity contribution >= 4 is 10.0 Å². The van der Waals surface area contributed by atoms with E-state index < -0.39 is 10.0 Å². The summed E-state index contributed by atoms with van der Waals surface area (Å²) < 4.78 is 26.2. The summed E-state index contributed by atoms with van der Waals surface area (Å²) >= 11 is 0. The lowest BCUT2D eigenvalue weighted by Crippen LogP contribution is -2.39. The Labute approximate surface area is 122 Å². The lowest BCUT2D eigenvalue weighted by molar-refractivity contribution is 0.170. The van der Waals surface area contributed by atoms with Crippen LogP contribution in [0, 0.1) is 12.8 Å². The normalized spacial score (nSPS) is 17.4. The number of aliphatic hydroxyl groups is 1. The number of sulfonamides is 1. The molecular weight excluding hydrogens is 274 g/mol. The van der Waals surface area contributed by atoms with E-state index in [0.717, 1.165) is 18.4 Å². The molecule has 0 aliphatic carbocycles. The molecule has 1 aliphatic rings. The maximum atomic E-state index is 12.4. The Morgan fingerprint density at radius 1 is 1.15 bits per heavy atom. The van der Waals surface area contributed by atoms with Crippen molar-refractivity contribution in [3.05, 3.63) is 29.8 Å². The van der Waals surface area contributed by atoms with Gasteiger partial charge in [0.2, 0.25) is 10.0 Å². The summed E-state index contributed by atoms with van der Waals surface area (Å²) in [5.74, 6) is 0.245. The standard InChI is InChI=1S/C13H19NO3S.C2H6/c1-11-2-4-13(5-3-11)18(16,17)14-8-6-12(10-15)7-9-14;1-2/h2-5,12,15H,6-10H2,1H3;1-2H3. The van der Waals surface area contributed by atoms with Gasteiger partial charge < -0.3 is 5.11 Å². The third-order valence-corrected chi connectivity index (χ3v) is 5.40. The molecule has 1 heterocycles. The zero-order chi connectivity index (χ0) is 15.2. The molecule has 20 heavy (non-hydrogen) atoms. The van der Waals surface area contributed by atoms with E-state index in [1.807, 2.05) is 32.9 Å². The van der Waals surface area contributed by atoms with Crippen LogP contribution in [0.2, 0.25) is 0 Å². The molecular formula is C15H25NO3S. The minimum absolute atomic E-state index is 0.151. The first-order valence-corrected chi connectivity index (χ1v) is 8.65. The molecule has 0 bridgehead atoms. The van der Waals surface area contributed by atoms with Crippen LogP contribution in [0.4, 0.5) is 0 Å². The SMILES string of the molecule is CC.Cc1ccc(S(=O)(=O)N2CCC(CO)CC2)cc1. The van der Waals surface area contributed by atoms with Gasteiger partial charge in [-0.25, -0.2) is 8.42 Å². The highest BCUT2D eigenvalue weighted by molar-refractivity contribution is 7.89. The van der Waals surface area contributed by atoms with Crippen molar-refractivity contribution in [3.8, 4) is 0 Å². The van der Waals surface area contributed by atoms with Crippen molar-refractivity contribution in [1.29, 1.82) is 0 Å². The van der Waals surface area contributed by atoms with E-state index in [-0.39, 0.29) is 12.5 Å². The molecule has 2 rings (SSSR count). The molecule has 1 fully saturated rings. The predicted molar refractivity (Wildman–Crippen MR) is 81.1 cm³/mol. The van der Waals surface area contributed by atoms with Crippen LogP contribution in [0.15, 0.2) is 29.2 Å². The molecule has 114 valence electrons. The first-order valence-electron chi connectivity index (χ1n) is 7.21. The van der Waals surface area contributed by atoms with Crippen LogP contribution in [0.5, 0.6) is 0 Å². The Balaban J connectivity index is 0.000000956. The van der Waals surface area contributed by atoms with Crippen molar-refractivity contribution < 1.29 is 13.5 Å². The van der Waals surface area contributed by atoms with Gasteiger partial charge in [-0.2, -0.15) is 4.31 Å². The van der Waals surface area contributed by atoms with Crippen LogP contribution >= 0.6 is 0 Å². The van der Waals surface area contributed by atoms with E-state index in [1.165, 1.54) is 4.31 Å². The largest absolute Gasteiger partial charge is 0.396 e. The molecule has 0 spiro atoms. The van der Waals surface area contributed by atoms with Crippen LogP contribution in [0.3, 0.4) is 0 Å². The number of benzene rings is 1. The molecule has 0 atom stereocenters. The molecule has 0 amide bonds. The number of rotatable bonds is 3. The fourth-order valence-corrected chi connectivity index (χ4v) is 3.66. The van der Waals surface area contributed by atoms with Crippen molar-refractivity contribution in [3.63, 3.8) is 0 Å². The van der Waals surface area contributed by atoms with E-state index in [9.17, 15) is 8.42 Å². The lowest BCUT2D eigenvalue weighted by atomic mass is 10.00. The number of hydrogen-bond acceptors (Lipinski definition) is 3. The van der Waals surface area contributed by atoms with Gasteiger partial charge in [0, 0.05) is 19.7 Å². The first kappa shape index (κ1) is 17.1. The summed E-state index contributed by atoms with van der Waals surface area (Å²) in [6.45, 7) is 7.09. The molecule has 5 heteroatoms. The Kier molecular flexibility index (Phi) is 6.65. The van der Waals surface area contributed by atoms with E-state index in [4.69, 9.17) is 5.11 Å². The summed E-state index contributed by atoms with van der Waals surface area (Å²) in [7, 11) is -3.36. The summed E-state index contributed by atoms with van der Waals surface area (Å²) in [6, 6.07) is 6.94. The van der Waals surface area contributed by atoms with Gasteiger partial charge in [0.15, 0.2) is 0 Å². The van der Waals surface area contributed by atoms with Gasteiger partial charge in [0.25, 0.3) is 0 Å². The zero-order valence-electron chi connectivity index (χ0n) is 12.5. The minimum Gasteiger partial charge on any atom is -0.396 e. The fraction of sp³-hybridized carbons (Fsp3) is 0.600. The molecule has 1 aromatic carbocycles. The van der Waals surface area contributed by atoms with Crippen LogP contribution in [-0.4, -0.2) is 37.5 Å². The van der Waals surface area contributed by atoms with Crippen molar-refractivity contribution in [2.75, 3.05) is 19.7 Å². The maximum Gasteiger partial charge on any atom is 0.243 e. The number of aryl methyl sites for hydroxylation is 1. The highest BCUT2D eigenvalue weighted by atomic mass is 32.2. The Bertz CT molecular complexity index is 488. The number of piperidine rings is 1. The average Bonchev–Trinajstić information content (AvgIpc) is 2.50. The van der Waals surface area contributed by atoms with Crippen molar-refractivity contribution in [1.82, 2.24) is 4.31 Å². The van der Waals surface area contributed by atoms with Crippen molar-refractivity contribution in [2.45, 2.75) is 38.5 Å². The second kappa shape index (κ2) is 7.76. The first-order chi connectivity index (χ1) is 9.54. The monoisotopic (exact) mass is 299 g/mol. The number of nitrogens with zero attached hydrogens (tertiary/aromatic N) is 1. The molecule has 0 unspecified atom stereocenters. The fourth-order valence-electron chi connectivity index (χ4n) is 2.19. The number of hydrogen-bond donors (Lipinski definition) is 1. The Morgan fingerprint density at radius 3 is 2.10 bits per heavy atom. The smallest absolute Gasteiger partial charge is 0.243 e. The van der Waals surface area contributed by atoms with Gasteiger partial charge in [-0.15, -0.1) is 0 Å². The topological polar surface area (TPSA) is 57.6 Å². The second-order valence-corrected chi connectivity index (χ2v) is 6.78. The van der Waals surface area contributed by atoms with Gasteiger partial charge in [0.1, 0.15) is 0 Å². The minimum atomic E-state index is -3.36. The van der Waals surface area contributed by atoms with Gasteiger partial charge in [0.05, 0.1) is 4.90 Å². The van der Waals surface area contributed by atoms with Crippen LogP contribution in [-0.2, 0) is 10.0 Å². The van der Waals surface area contributed by atoms with Gasteiger partial charge in [-0.3, -0.25) is 0 Å². The number of aliphatic hydroxyl groups excluding tert-OH is 1. The van der Waals surface area contributed by atoms with Crippen molar-refractivity contribution in [2.24, 2.45) is 5.92 Å². The second-order valence-electron chi connectivity index (χ2n) is 4.84. The molecule has 1 N–H and O–H groups in total. The van der Waals surface area contributed by atoms with E-state index in [1.54, 1.807) is 12.1 Å². The lowest BCUT2D eigenvalue weighted by Gasteiger charge is -2.30. The summed E-state index contributed by atoms with van der Waals surface area (Å²) in [5.41, 5.74) is 1.05. The molecule has 1 aliphatic heterocycles. The van der Waals surface area contributed by atoms with Gasteiger partial charge in [-0.1, -0.05) is 31.5 Å². The summed E-state index contributed by atoms with van der Waals surface area (Å²) in [5, 5.41) is 9.06. The van der Waals surface area contributed by atoms with Crippen LogP contribution in [0.1, 0.15) is 32.3 Å². The molecule has 1 aromatic rings. The van der Waals surface area contributed by atoms with E-state index >= 15 is 0 Å². The van der Waals surface area contributed by atoms with Gasteiger partial charge >= 0.3 is 0 Å². The van der Waals surface area contributed by atoms with Crippen LogP contribution in [0.25, 0.3) is 0 Å². The third kappa shape index (κ3) is 4.04. The maximum absolute atomic E-state index is 12.4. The highest BCUT2D eigenvalue weighted by Gasteiger charge is 2.28. The molecule has 0 aromatic heterocycles. The van der Waals surface area contributed by atoms with E-state index in [0.29, 0.717) is 18.0 Å². The molecule has 0 radical (unpaired) electrons. The Morgan fingerprint density at radius 2 is 1.65 bits per heavy atom. The molecule has 0 saturated carbocycles. The summed E-state index contributed by atoms with van der Waals surface area (Å²) in [4.78, 5) is 0.357. The predicted octanol–water partition coefficient (Wildman–Crippen LogP) is 2.41.